The Labute approximate surface area is 94.8 Å². The molecule has 0 bridgehead atoms. The van der Waals surface area contributed by atoms with Crippen molar-refractivity contribution in [2.24, 2.45) is 0 Å². The zero-order valence-corrected chi connectivity index (χ0v) is 8.98. The highest BCUT2D eigenvalue weighted by molar-refractivity contribution is 5.42. The summed E-state index contributed by atoms with van der Waals surface area (Å²) in [5.74, 6) is 0.624. The number of ether oxygens (including phenoxy) is 2. The van der Waals surface area contributed by atoms with Gasteiger partial charge in [-0.15, -0.1) is 0 Å². The first kappa shape index (κ1) is 10.9. The van der Waals surface area contributed by atoms with Crippen molar-refractivity contribution in [2.45, 2.75) is 6.10 Å². The third-order valence-corrected chi connectivity index (χ3v) is 2.44. The van der Waals surface area contributed by atoms with Crippen molar-refractivity contribution in [2.75, 3.05) is 26.3 Å². The summed E-state index contributed by atoms with van der Waals surface area (Å²) < 4.78 is 11.1. The third-order valence-electron chi connectivity index (χ3n) is 2.44. The summed E-state index contributed by atoms with van der Waals surface area (Å²) in [4.78, 5) is 0. The lowest BCUT2D eigenvalue weighted by molar-refractivity contribution is 0.000141. The average molecular weight is 218 g/mol. The second kappa shape index (κ2) is 5.50. The lowest BCUT2D eigenvalue weighted by Gasteiger charge is -2.23. The standard InChI is InChI=1S/C12H14N2O2/c13-7-10-3-1-2-4-12(10)16-9-11-8-14-5-6-15-11/h1-4,11,14H,5-6,8-9H2/t11-/m0/s1. The molecule has 1 fully saturated rings. The summed E-state index contributed by atoms with van der Waals surface area (Å²) in [6, 6.07) is 9.33. The van der Waals surface area contributed by atoms with E-state index in [4.69, 9.17) is 14.7 Å². The van der Waals surface area contributed by atoms with Crippen molar-refractivity contribution in [1.82, 2.24) is 5.32 Å². The smallest absolute Gasteiger partial charge is 0.137 e. The van der Waals surface area contributed by atoms with Crippen LogP contribution in [0.3, 0.4) is 0 Å². The molecule has 0 spiro atoms. The van der Waals surface area contributed by atoms with Crippen LogP contribution in [-0.2, 0) is 4.74 Å². The van der Waals surface area contributed by atoms with Crippen LogP contribution in [-0.4, -0.2) is 32.4 Å². The van der Waals surface area contributed by atoms with Gasteiger partial charge in [0, 0.05) is 13.1 Å². The lowest BCUT2D eigenvalue weighted by atomic mass is 10.2. The minimum Gasteiger partial charge on any atom is -0.489 e. The molecule has 4 heteroatoms. The molecule has 0 radical (unpaired) electrons. The molecule has 0 aromatic heterocycles. The molecule has 0 unspecified atom stereocenters. The number of nitrogens with one attached hydrogen (secondary N) is 1. The maximum atomic E-state index is 8.88. The molecular weight excluding hydrogens is 204 g/mol. The first-order valence-electron chi connectivity index (χ1n) is 5.34. The predicted octanol–water partition coefficient (Wildman–Crippen LogP) is 0.925. The van der Waals surface area contributed by atoms with Crippen molar-refractivity contribution >= 4 is 0 Å². The second-order valence-electron chi connectivity index (χ2n) is 3.62. The minimum atomic E-state index is 0.0699. The van der Waals surface area contributed by atoms with E-state index in [-0.39, 0.29) is 6.10 Å². The Morgan fingerprint density at radius 1 is 1.50 bits per heavy atom. The summed E-state index contributed by atoms with van der Waals surface area (Å²) in [7, 11) is 0. The maximum Gasteiger partial charge on any atom is 0.137 e. The molecule has 1 aromatic rings. The van der Waals surface area contributed by atoms with E-state index in [0.717, 1.165) is 13.1 Å². The van der Waals surface area contributed by atoms with E-state index in [1.54, 1.807) is 12.1 Å². The maximum absolute atomic E-state index is 8.88. The van der Waals surface area contributed by atoms with E-state index >= 15 is 0 Å². The Morgan fingerprint density at radius 3 is 3.12 bits per heavy atom. The monoisotopic (exact) mass is 218 g/mol. The summed E-state index contributed by atoms with van der Waals surface area (Å²) in [5, 5.41) is 12.1. The number of hydrogen-bond donors (Lipinski definition) is 1. The zero-order valence-electron chi connectivity index (χ0n) is 8.98. The summed E-state index contributed by atoms with van der Waals surface area (Å²) in [6.45, 7) is 2.89. The Kier molecular flexibility index (Phi) is 3.76. The van der Waals surface area contributed by atoms with Crippen LogP contribution in [0, 0.1) is 11.3 Å². The molecule has 1 aliphatic rings. The molecule has 1 atom stereocenters. The van der Waals surface area contributed by atoms with E-state index in [2.05, 4.69) is 11.4 Å². The van der Waals surface area contributed by atoms with Crippen LogP contribution in [0.2, 0.25) is 0 Å². The van der Waals surface area contributed by atoms with Gasteiger partial charge < -0.3 is 14.8 Å². The van der Waals surface area contributed by atoms with Gasteiger partial charge in [-0.1, -0.05) is 12.1 Å². The number of rotatable bonds is 3. The molecule has 1 aliphatic heterocycles. The van der Waals surface area contributed by atoms with Crippen LogP contribution >= 0.6 is 0 Å². The van der Waals surface area contributed by atoms with Gasteiger partial charge in [-0.05, 0) is 12.1 Å². The van der Waals surface area contributed by atoms with Gasteiger partial charge in [-0.2, -0.15) is 5.26 Å². The number of morpholine rings is 1. The van der Waals surface area contributed by atoms with Gasteiger partial charge >= 0.3 is 0 Å². The number of benzene rings is 1. The van der Waals surface area contributed by atoms with E-state index in [0.29, 0.717) is 24.5 Å². The Balaban J connectivity index is 1.91. The molecular formula is C12H14N2O2. The molecule has 1 heterocycles. The SMILES string of the molecule is N#Cc1ccccc1OC[C@@H]1CNCCO1. The van der Waals surface area contributed by atoms with Gasteiger partial charge in [-0.3, -0.25) is 0 Å². The van der Waals surface area contributed by atoms with Crippen LogP contribution in [0.5, 0.6) is 5.75 Å². The molecule has 2 rings (SSSR count). The first-order valence-corrected chi connectivity index (χ1v) is 5.34. The zero-order chi connectivity index (χ0) is 11.2. The molecule has 1 N–H and O–H groups in total. The molecule has 0 amide bonds. The Hall–Kier alpha value is -1.57. The molecule has 0 aliphatic carbocycles. The topological polar surface area (TPSA) is 54.3 Å². The van der Waals surface area contributed by atoms with E-state index in [1.807, 2.05) is 12.1 Å². The fourth-order valence-electron chi connectivity index (χ4n) is 1.59. The molecule has 1 saturated heterocycles. The van der Waals surface area contributed by atoms with Crippen LogP contribution in [0.25, 0.3) is 0 Å². The quantitative estimate of drug-likeness (QED) is 0.819. The van der Waals surface area contributed by atoms with Gasteiger partial charge in [0.05, 0.1) is 12.2 Å². The van der Waals surface area contributed by atoms with Crippen LogP contribution in [0.15, 0.2) is 24.3 Å². The lowest BCUT2D eigenvalue weighted by Crippen LogP contribution is -2.41. The van der Waals surface area contributed by atoms with Crippen LogP contribution in [0.1, 0.15) is 5.56 Å². The Bertz CT molecular complexity index is 381. The van der Waals surface area contributed by atoms with Gasteiger partial charge in [0.1, 0.15) is 24.5 Å². The summed E-state index contributed by atoms with van der Waals surface area (Å²) in [5.41, 5.74) is 0.561. The van der Waals surface area contributed by atoms with Gasteiger partial charge in [0.25, 0.3) is 0 Å². The number of nitriles is 1. The third kappa shape index (κ3) is 2.72. The van der Waals surface area contributed by atoms with Crippen molar-refractivity contribution in [1.29, 1.82) is 5.26 Å². The number of nitrogens with zero attached hydrogens (tertiary/aromatic N) is 1. The molecule has 84 valence electrons. The van der Waals surface area contributed by atoms with Crippen molar-refractivity contribution in [3.63, 3.8) is 0 Å². The Morgan fingerprint density at radius 2 is 2.38 bits per heavy atom. The summed E-state index contributed by atoms with van der Waals surface area (Å²) >= 11 is 0. The highest BCUT2D eigenvalue weighted by atomic mass is 16.5. The van der Waals surface area contributed by atoms with E-state index in [9.17, 15) is 0 Å². The fraction of sp³-hybridized carbons (Fsp3) is 0.417. The van der Waals surface area contributed by atoms with Gasteiger partial charge in [0.2, 0.25) is 0 Å². The van der Waals surface area contributed by atoms with E-state index in [1.165, 1.54) is 0 Å². The van der Waals surface area contributed by atoms with Crippen molar-refractivity contribution in [3.05, 3.63) is 29.8 Å². The predicted molar refractivity (Wildman–Crippen MR) is 59.3 cm³/mol. The molecule has 0 saturated carbocycles. The van der Waals surface area contributed by atoms with Gasteiger partial charge in [0.15, 0.2) is 0 Å². The minimum absolute atomic E-state index is 0.0699. The normalized spacial score (nSPS) is 20.1. The van der Waals surface area contributed by atoms with Crippen molar-refractivity contribution < 1.29 is 9.47 Å². The second-order valence-corrected chi connectivity index (χ2v) is 3.62. The largest absolute Gasteiger partial charge is 0.489 e. The number of hydrogen-bond acceptors (Lipinski definition) is 4. The summed E-state index contributed by atoms with van der Waals surface area (Å²) in [6.07, 6.45) is 0.0699. The van der Waals surface area contributed by atoms with Crippen LogP contribution in [0.4, 0.5) is 0 Å². The first-order chi connectivity index (χ1) is 7.90. The highest BCUT2D eigenvalue weighted by Crippen LogP contribution is 2.16. The molecule has 4 nitrogen and oxygen atoms in total. The molecule has 1 aromatic carbocycles. The van der Waals surface area contributed by atoms with Crippen molar-refractivity contribution in [3.8, 4) is 11.8 Å². The van der Waals surface area contributed by atoms with Gasteiger partial charge in [-0.25, -0.2) is 0 Å². The van der Waals surface area contributed by atoms with Crippen LogP contribution < -0.4 is 10.1 Å². The molecule has 16 heavy (non-hydrogen) atoms. The average Bonchev–Trinajstić information content (AvgIpc) is 2.38. The number of para-hydroxylation sites is 1. The fourth-order valence-corrected chi connectivity index (χ4v) is 1.59. The van der Waals surface area contributed by atoms with E-state index < -0.39 is 0 Å². The highest BCUT2D eigenvalue weighted by Gasteiger charge is 2.14.